The van der Waals surface area contributed by atoms with Gasteiger partial charge in [0.15, 0.2) is 0 Å². The Kier molecular flexibility index (Phi) is 7.49. The molecule has 0 atom stereocenters. The van der Waals surface area contributed by atoms with Crippen molar-refractivity contribution in [2.24, 2.45) is 0 Å². The molecule has 1 aromatic carbocycles. The molecule has 0 unspecified atom stereocenters. The number of carbonyl (C=O) groups is 2. The molecule has 2 rings (SSSR count). The molecule has 140 valence electrons. The highest BCUT2D eigenvalue weighted by molar-refractivity contribution is 7.09. The van der Waals surface area contributed by atoms with E-state index in [1.807, 2.05) is 12.3 Å². The average Bonchev–Trinajstić information content (AvgIpc) is 2.99. The van der Waals surface area contributed by atoms with Gasteiger partial charge in [0.05, 0.1) is 13.0 Å². The van der Waals surface area contributed by atoms with Crippen LogP contribution in [0.3, 0.4) is 0 Å². The fourth-order valence-electron chi connectivity index (χ4n) is 2.02. The van der Waals surface area contributed by atoms with E-state index in [2.05, 4.69) is 15.8 Å². The van der Waals surface area contributed by atoms with Gasteiger partial charge in [-0.1, -0.05) is 0 Å². The molecule has 2 aromatic rings. The first-order chi connectivity index (χ1) is 12.4. The van der Waals surface area contributed by atoms with Gasteiger partial charge in [0.25, 0.3) is 5.91 Å². The van der Waals surface area contributed by atoms with E-state index in [0.717, 1.165) is 5.69 Å². The minimum Gasteiger partial charge on any atom is -0.492 e. The molecule has 0 spiro atoms. The van der Waals surface area contributed by atoms with Crippen molar-refractivity contribution < 1.29 is 18.7 Å². The third kappa shape index (κ3) is 7.16. The standard InChI is InChI=1S/C17H21FN4O3S/c1-12-11-26-17(19-12)9-15(23)20-21-16(24)10-22(2)7-8-25-14-5-3-13(18)4-6-14/h3-6,11H,7-10H2,1-2H3,(H,20,23)(H,21,24). The Hall–Kier alpha value is -2.52. The molecular weight excluding hydrogens is 359 g/mol. The molecule has 2 N–H and O–H groups in total. The maximum Gasteiger partial charge on any atom is 0.252 e. The summed E-state index contributed by atoms with van der Waals surface area (Å²) >= 11 is 1.40. The lowest BCUT2D eigenvalue weighted by Gasteiger charge is -2.16. The van der Waals surface area contributed by atoms with Crippen molar-refractivity contribution in [3.8, 4) is 5.75 Å². The Balaban J connectivity index is 1.60. The van der Waals surface area contributed by atoms with Gasteiger partial charge in [-0.25, -0.2) is 9.37 Å². The number of nitrogens with zero attached hydrogens (tertiary/aromatic N) is 2. The molecule has 1 aromatic heterocycles. The van der Waals surface area contributed by atoms with Crippen LogP contribution in [0.5, 0.6) is 5.75 Å². The fourth-order valence-corrected chi connectivity index (χ4v) is 2.79. The predicted octanol–water partition coefficient (Wildman–Crippen LogP) is 1.29. The Morgan fingerprint density at radius 2 is 1.92 bits per heavy atom. The third-order valence-corrected chi connectivity index (χ3v) is 4.26. The normalized spacial score (nSPS) is 10.6. The molecule has 7 nitrogen and oxygen atoms in total. The number of hydrogen-bond donors (Lipinski definition) is 2. The maximum atomic E-state index is 12.8. The minimum absolute atomic E-state index is 0.101. The van der Waals surface area contributed by atoms with E-state index in [4.69, 9.17) is 4.74 Å². The number of likely N-dealkylation sites (N-methyl/N-ethyl adjacent to an activating group) is 1. The zero-order chi connectivity index (χ0) is 18.9. The number of benzene rings is 1. The van der Waals surface area contributed by atoms with Crippen molar-refractivity contribution in [1.29, 1.82) is 0 Å². The summed E-state index contributed by atoms with van der Waals surface area (Å²) in [4.78, 5) is 29.5. The quantitative estimate of drug-likeness (QED) is 0.675. The molecule has 9 heteroatoms. The van der Waals surface area contributed by atoms with Gasteiger partial charge in [0.2, 0.25) is 5.91 Å². The zero-order valence-corrected chi connectivity index (χ0v) is 15.4. The number of hydrazine groups is 1. The predicted molar refractivity (Wildman–Crippen MR) is 96.2 cm³/mol. The Morgan fingerprint density at radius 1 is 1.23 bits per heavy atom. The van der Waals surface area contributed by atoms with Crippen LogP contribution in [0.1, 0.15) is 10.7 Å². The van der Waals surface area contributed by atoms with Crippen LogP contribution in [-0.2, 0) is 16.0 Å². The topological polar surface area (TPSA) is 83.6 Å². The SMILES string of the molecule is Cc1csc(CC(=O)NNC(=O)CN(C)CCOc2ccc(F)cc2)n1. The van der Waals surface area contributed by atoms with Crippen LogP contribution in [0.4, 0.5) is 4.39 Å². The molecular formula is C17H21FN4O3S. The number of rotatable bonds is 8. The van der Waals surface area contributed by atoms with E-state index < -0.39 is 0 Å². The number of hydrogen-bond acceptors (Lipinski definition) is 6. The first-order valence-corrected chi connectivity index (χ1v) is 8.86. The van der Waals surface area contributed by atoms with E-state index in [1.165, 1.54) is 23.5 Å². The highest BCUT2D eigenvalue weighted by atomic mass is 32.1. The van der Waals surface area contributed by atoms with Crippen LogP contribution in [0.15, 0.2) is 29.6 Å². The maximum absolute atomic E-state index is 12.8. The van der Waals surface area contributed by atoms with Gasteiger partial charge in [-0.15, -0.1) is 11.3 Å². The molecule has 0 aliphatic carbocycles. The van der Waals surface area contributed by atoms with Crippen LogP contribution in [0, 0.1) is 12.7 Å². The van der Waals surface area contributed by atoms with Crippen molar-refractivity contribution in [3.63, 3.8) is 0 Å². The average molecular weight is 380 g/mol. The van der Waals surface area contributed by atoms with Crippen molar-refractivity contribution in [2.45, 2.75) is 13.3 Å². The largest absolute Gasteiger partial charge is 0.492 e. The van der Waals surface area contributed by atoms with E-state index >= 15 is 0 Å². The number of ether oxygens (including phenoxy) is 1. The van der Waals surface area contributed by atoms with Crippen LogP contribution >= 0.6 is 11.3 Å². The summed E-state index contributed by atoms with van der Waals surface area (Å²) in [5.74, 6) is -0.417. The van der Waals surface area contributed by atoms with Crippen molar-refractivity contribution in [1.82, 2.24) is 20.7 Å². The molecule has 0 fully saturated rings. The van der Waals surface area contributed by atoms with Gasteiger partial charge < -0.3 is 4.74 Å². The van der Waals surface area contributed by atoms with Crippen molar-refractivity contribution in [2.75, 3.05) is 26.7 Å². The lowest BCUT2D eigenvalue weighted by molar-refractivity contribution is -0.129. The summed E-state index contributed by atoms with van der Waals surface area (Å²) < 4.78 is 18.3. The molecule has 0 saturated carbocycles. The Morgan fingerprint density at radius 3 is 2.58 bits per heavy atom. The first kappa shape index (κ1) is 19.8. The molecule has 0 aliphatic rings. The molecule has 1 heterocycles. The summed E-state index contributed by atoms with van der Waals surface area (Å²) in [7, 11) is 1.76. The van der Waals surface area contributed by atoms with Gasteiger partial charge in [-0.3, -0.25) is 25.3 Å². The van der Waals surface area contributed by atoms with Crippen LogP contribution in [-0.4, -0.2) is 48.4 Å². The lowest BCUT2D eigenvalue weighted by atomic mass is 10.3. The number of aryl methyl sites for hydroxylation is 1. The van der Waals surface area contributed by atoms with Gasteiger partial charge >= 0.3 is 0 Å². The van der Waals surface area contributed by atoms with Gasteiger partial charge in [0.1, 0.15) is 23.2 Å². The molecule has 0 aliphatic heterocycles. The number of thiazole rings is 1. The van der Waals surface area contributed by atoms with Gasteiger partial charge in [-0.2, -0.15) is 0 Å². The third-order valence-electron chi connectivity index (χ3n) is 3.29. The second-order valence-electron chi connectivity index (χ2n) is 5.70. The van der Waals surface area contributed by atoms with Crippen LogP contribution in [0.2, 0.25) is 0 Å². The summed E-state index contributed by atoms with van der Waals surface area (Å²) in [5.41, 5.74) is 5.60. The summed E-state index contributed by atoms with van der Waals surface area (Å²) in [6.45, 7) is 2.81. The van der Waals surface area contributed by atoms with Crippen LogP contribution < -0.4 is 15.6 Å². The van der Waals surface area contributed by atoms with Crippen LogP contribution in [0.25, 0.3) is 0 Å². The van der Waals surface area contributed by atoms with Crippen molar-refractivity contribution in [3.05, 3.63) is 46.2 Å². The first-order valence-electron chi connectivity index (χ1n) is 7.98. The summed E-state index contributed by atoms with van der Waals surface area (Å²) in [6, 6.07) is 5.73. The highest BCUT2D eigenvalue weighted by Crippen LogP contribution is 2.10. The smallest absolute Gasteiger partial charge is 0.252 e. The highest BCUT2D eigenvalue weighted by Gasteiger charge is 2.10. The lowest BCUT2D eigenvalue weighted by Crippen LogP contribution is -2.46. The Labute approximate surface area is 155 Å². The summed E-state index contributed by atoms with van der Waals surface area (Å²) in [6.07, 6.45) is 0.125. The van der Waals surface area contributed by atoms with E-state index in [-0.39, 0.29) is 30.6 Å². The molecule has 0 saturated heterocycles. The van der Waals surface area contributed by atoms with E-state index in [9.17, 15) is 14.0 Å². The molecule has 0 radical (unpaired) electrons. The number of carbonyl (C=O) groups excluding carboxylic acids is 2. The monoisotopic (exact) mass is 380 g/mol. The van der Waals surface area contributed by atoms with Gasteiger partial charge in [0, 0.05) is 17.6 Å². The number of nitrogens with one attached hydrogen (secondary N) is 2. The van der Waals surface area contributed by atoms with Crippen molar-refractivity contribution >= 4 is 23.2 Å². The second kappa shape index (κ2) is 9.83. The summed E-state index contributed by atoms with van der Waals surface area (Å²) in [5, 5.41) is 2.56. The second-order valence-corrected chi connectivity index (χ2v) is 6.64. The molecule has 2 amide bonds. The fraction of sp³-hybridized carbons (Fsp3) is 0.353. The number of halogens is 1. The minimum atomic E-state index is -0.335. The zero-order valence-electron chi connectivity index (χ0n) is 14.6. The number of amides is 2. The number of aromatic nitrogens is 1. The van der Waals surface area contributed by atoms with E-state index in [0.29, 0.717) is 23.9 Å². The van der Waals surface area contributed by atoms with Gasteiger partial charge in [-0.05, 0) is 38.2 Å². The Bertz CT molecular complexity index is 736. The molecule has 26 heavy (non-hydrogen) atoms. The van der Waals surface area contributed by atoms with E-state index in [1.54, 1.807) is 24.1 Å². The molecule has 0 bridgehead atoms.